The highest BCUT2D eigenvalue weighted by Gasteiger charge is 2.37. The Kier molecular flexibility index (Phi) is 7.16. The van der Waals surface area contributed by atoms with Gasteiger partial charge in [0, 0.05) is 19.0 Å². The predicted octanol–water partition coefficient (Wildman–Crippen LogP) is 2.47. The first-order valence-electron chi connectivity index (χ1n) is 12.7. The number of ether oxygens (including phenoxy) is 3. The van der Waals surface area contributed by atoms with Crippen LogP contribution >= 0.6 is 11.3 Å². The summed E-state index contributed by atoms with van der Waals surface area (Å²) in [5, 5.41) is 0. The van der Waals surface area contributed by atoms with E-state index < -0.39 is 23.5 Å². The Morgan fingerprint density at radius 2 is 1.82 bits per heavy atom. The van der Waals surface area contributed by atoms with Gasteiger partial charge in [0.25, 0.3) is 11.5 Å². The van der Waals surface area contributed by atoms with Crippen LogP contribution < -0.4 is 29.3 Å². The number of para-hydroxylation sites is 1. The Morgan fingerprint density at radius 1 is 1.07 bits per heavy atom. The Balaban J connectivity index is 1.80. The number of amides is 1. The van der Waals surface area contributed by atoms with Crippen molar-refractivity contribution in [2.24, 2.45) is 4.99 Å². The summed E-state index contributed by atoms with van der Waals surface area (Å²) >= 11 is 1.10. The Bertz CT molecular complexity index is 1780. The van der Waals surface area contributed by atoms with Crippen LogP contribution in [0.5, 0.6) is 11.5 Å². The average Bonchev–Trinajstić information content (AvgIpc) is 3.39. The molecule has 3 heterocycles. The minimum Gasteiger partial charge on any atom is -0.493 e. The van der Waals surface area contributed by atoms with Gasteiger partial charge in [-0.05, 0) is 44.5 Å². The molecule has 0 fully saturated rings. The summed E-state index contributed by atoms with van der Waals surface area (Å²) < 4.78 is 17.7. The van der Waals surface area contributed by atoms with Gasteiger partial charge < -0.3 is 19.1 Å². The van der Waals surface area contributed by atoms with Gasteiger partial charge >= 0.3 is 11.9 Å². The fourth-order valence-corrected chi connectivity index (χ4v) is 6.20. The molecule has 40 heavy (non-hydrogen) atoms. The number of nitrogens with zero attached hydrogens (tertiary/aromatic N) is 3. The molecule has 0 bridgehead atoms. The van der Waals surface area contributed by atoms with Gasteiger partial charge in [0.2, 0.25) is 0 Å². The molecule has 0 aliphatic carbocycles. The zero-order chi connectivity index (χ0) is 28.7. The topological polar surface area (TPSA) is 117 Å². The second-order valence-electron chi connectivity index (χ2n) is 9.07. The lowest BCUT2D eigenvalue weighted by Crippen LogP contribution is -2.41. The summed E-state index contributed by atoms with van der Waals surface area (Å²) in [6.07, 6.45) is 0. The number of hydrogen-bond acceptors (Lipinski definition) is 9. The molecule has 1 aromatic heterocycles. The van der Waals surface area contributed by atoms with E-state index in [1.807, 2.05) is 31.2 Å². The number of likely N-dealkylation sites (N-methyl/N-ethyl adjacent to an activating group) is 1. The van der Waals surface area contributed by atoms with Crippen LogP contribution in [0.1, 0.15) is 44.9 Å². The summed E-state index contributed by atoms with van der Waals surface area (Å²) in [4.78, 5) is 59.1. The van der Waals surface area contributed by atoms with Crippen molar-refractivity contribution in [2.75, 3.05) is 25.2 Å². The van der Waals surface area contributed by atoms with Gasteiger partial charge in [-0.2, -0.15) is 0 Å². The first kappa shape index (κ1) is 27.1. The monoisotopic (exact) mass is 561 g/mol. The zero-order valence-electron chi connectivity index (χ0n) is 22.6. The van der Waals surface area contributed by atoms with E-state index in [-0.39, 0.29) is 34.1 Å². The van der Waals surface area contributed by atoms with Crippen LogP contribution in [0.15, 0.2) is 63.5 Å². The van der Waals surface area contributed by atoms with E-state index in [2.05, 4.69) is 4.99 Å². The van der Waals surface area contributed by atoms with Gasteiger partial charge in [-0.15, -0.1) is 0 Å². The molecule has 1 amide bonds. The van der Waals surface area contributed by atoms with Gasteiger partial charge in [-0.3, -0.25) is 19.0 Å². The van der Waals surface area contributed by atoms with E-state index in [9.17, 15) is 19.2 Å². The lowest BCUT2D eigenvalue weighted by molar-refractivity contribution is -0.139. The average molecular weight is 562 g/mol. The van der Waals surface area contributed by atoms with Gasteiger partial charge in [0.05, 0.1) is 42.3 Å². The predicted molar refractivity (Wildman–Crippen MR) is 148 cm³/mol. The van der Waals surface area contributed by atoms with Crippen LogP contribution in [0.2, 0.25) is 0 Å². The molecule has 10 nitrogen and oxygen atoms in total. The molecule has 5 rings (SSSR count). The van der Waals surface area contributed by atoms with Crippen LogP contribution in [0.4, 0.5) is 5.69 Å². The van der Waals surface area contributed by atoms with Crippen molar-refractivity contribution in [3.8, 4) is 11.5 Å². The summed E-state index contributed by atoms with van der Waals surface area (Å²) in [6, 6.07) is 11.2. The Labute approximate surface area is 233 Å². The summed E-state index contributed by atoms with van der Waals surface area (Å²) in [7, 11) is 1.43. The maximum Gasteiger partial charge on any atom is 0.338 e. The number of aromatic nitrogens is 1. The number of allylic oxidation sites excluding steroid dienone is 1. The van der Waals surface area contributed by atoms with Crippen molar-refractivity contribution in [1.29, 1.82) is 0 Å². The molecule has 0 N–H and O–H groups in total. The van der Waals surface area contributed by atoms with Crippen LogP contribution in [0.25, 0.3) is 5.57 Å². The fourth-order valence-electron chi connectivity index (χ4n) is 5.06. The SMILES string of the molecule is CCOC(=O)C1=C(C)N=c2sc(=C3C(=O)N(CC)c4ccccc43)c(=O)n2[C@H]1c1ccc(OC(C)=O)c(OC)c1. The molecule has 0 spiro atoms. The molecule has 3 aromatic rings. The highest BCUT2D eigenvalue weighted by atomic mass is 32.1. The maximum absolute atomic E-state index is 14.2. The van der Waals surface area contributed by atoms with Crippen LogP contribution in [-0.4, -0.2) is 42.7 Å². The molecule has 206 valence electrons. The molecule has 0 unspecified atom stereocenters. The Hall–Kier alpha value is -4.51. The Morgan fingerprint density at radius 3 is 2.50 bits per heavy atom. The number of thiazole rings is 1. The number of methoxy groups -OCH3 is 1. The van der Waals surface area contributed by atoms with Crippen LogP contribution in [0.3, 0.4) is 0 Å². The second kappa shape index (κ2) is 10.6. The van der Waals surface area contributed by atoms with E-state index in [0.717, 1.165) is 17.0 Å². The maximum atomic E-state index is 14.2. The lowest BCUT2D eigenvalue weighted by atomic mass is 9.95. The van der Waals surface area contributed by atoms with Crippen molar-refractivity contribution in [3.63, 3.8) is 0 Å². The van der Waals surface area contributed by atoms with E-state index in [1.54, 1.807) is 36.9 Å². The van der Waals surface area contributed by atoms with Crippen LogP contribution in [0, 0.1) is 0 Å². The molecule has 11 heteroatoms. The number of benzene rings is 2. The van der Waals surface area contributed by atoms with Gasteiger partial charge in [-0.25, -0.2) is 9.79 Å². The molecule has 0 saturated carbocycles. The number of hydrogen-bond donors (Lipinski definition) is 0. The molecular formula is C29H27N3O7S. The third kappa shape index (κ3) is 4.32. The minimum atomic E-state index is -0.932. The quantitative estimate of drug-likeness (QED) is 0.335. The van der Waals surface area contributed by atoms with E-state index >= 15 is 0 Å². The smallest absolute Gasteiger partial charge is 0.338 e. The summed E-state index contributed by atoms with van der Waals surface area (Å²) in [5.41, 5.74) is 2.34. The van der Waals surface area contributed by atoms with E-state index in [0.29, 0.717) is 33.7 Å². The van der Waals surface area contributed by atoms with Gasteiger partial charge in [0.15, 0.2) is 16.3 Å². The number of carbonyl (C=O) groups excluding carboxylic acids is 3. The molecule has 1 atom stereocenters. The molecule has 0 radical (unpaired) electrons. The van der Waals surface area contributed by atoms with E-state index in [4.69, 9.17) is 14.2 Å². The summed E-state index contributed by atoms with van der Waals surface area (Å²) in [5.74, 6) is -0.965. The van der Waals surface area contributed by atoms with Crippen molar-refractivity contribution in [3.05, 3.63) is 84.5 Å². The largest absolute Gasteiger partial charge is 0.493 e. The summed E-state index contributed by atoms with van der Waals surface area (Å²) in [6.45, 7) is 7.10. The number of anilines is 1. The van der Waals surface area contributed by atoms with Crippen molar-refractivity contribution < 1.29 is 28.6 Å². The standard InChI is InChI=1S/C29H27N3O7S/c1-6-31-19-11-9-8-10-18(19)23(26(31)34)25-27(35)32-24(17-12-13-20(39-16(4)33)21(14-17)37-5)22(28(36)38-7-2)15(3)30-29(32)40-25/h8-14,24H,6-7H2,1-5H3/t24-/m0/s1. The number of rotatable bonds is 6. The van der Waals surface area contributed by atoms with Crippen molar-refractivity contribution in [2.45, 2.75) is 33.7 Å². The first-order valence-corrected chi connectivity index (χ1v) is 13.5. The van der Waals surface area contributed by atoms with Crippen molar-refractivity contribution >= 4 is 40.4 Å². The normalized spacial score (nSPS) is 17.3. The molecule has 2 aliphatic heterocycles. The van der Waals surface area contributed by atoms with Crippen LogP contribution in [-0.2, 0) is 19.1 Å². The molecule has 2 aromatic carbocycles. The van der Waals surface area contributed by atoms with Crippen molar-refractivity contribution in [1.82, 2.24) is 4.57 Å². The fraction of sp³-hybridized carbons (Fsp3) is 0.276. The second-order valence-corrected chi connectivity index (χ2v) is 10.0. The number of carbonyl (C=O) groups is 3. The minimum absolute atomic E-state index is 0.129. The highest BCUT2D eigenvalue weighted by molar-refractivity contribution is 7.07. The van der Waals surface area contributed by atoms with Gasteiger partial charge in [-0.1, -0.05) is 35.6 Å². The zero-order valence-corrected chi connectivity index (χ0v) is 23.5. The highest BCUT2D eigenvalue weighted by Crippen LogP contribution is 2.37. The molecular weight excluding hydrogens is 534 g/mol. The first-order chi connectivity index (χ1) is 19.2. The molecule has 2 aliphatic rings. The molecule has 0 saturated heterocycles. The third-order valence-electron chi connectivity index (χ3n) is 6.72. The van der Waals surface area contributed by atoms with Gasteiger partial charge in [0.1, 0.15) is 4.53 Å². The number of esters is 2. The third-order valence-corrected chi connectivity index (χ3v) is 7.77. The van der Waals surface area contributed by atoms with E-state index in [1.165, 1.54) is 18.6 Å². The lowest BCUT2D eigenvalue weighted by Gasteiger charge is -2.25. The number of fused-ring (bicyclic) bond motifs is 2.